The predicted molar refractivity (Wildman–Crippen MR) is 105 cm³/mol. The van der Waals surface area contributed by atoms with E-state index in [1.807, 2.05) is 19.9 Å². The third-order valence-electron chi connectivity index (χ3n) is 4.51. The second-order valence-corrected chi connectivity index (χ2v) is 9.02. The third-order valence-corrected chi connectivity index (χ3v) is 5.64. The Morgan fingerprint density at radius 2 is 1.78 bits per heavy atom. The van der Waals surface area contributed by atoms with Gasteiger partial charge in [0.2, 0.25) is 11.8 Å². The van der Waals surface area contributed by atoms with E-state index in [4.69, 9.17) is 0 Å². The maximum absolute atomic E-state index is 12.1. The van der Waals surface area contributed by atoms with Gasteiger partial charge in [-0.3, -0.25) is 9.59 Å². The number of benzene rings is 2. The zero-order valence-electron chi connectivity index (χ0n) is 15.2. The number of carbonyl (C=O) groups is 2. The van der Waals surface area contributed by atoms with Gasteiger partial charge in [-0.05, 0) is 55.3 Å². The zero-order valence-corrected chi connectivity index (χ0v) is 16.1. The molecule has 7 heteroatoms. The van der Waals surface area contributed by atoms with Gasteiger partial charge in [-0.2, -0.15) is 0 Å². The summed E-state index contributed by atoms with van der Waals surface area (Å²) in [6.45, 7) is 3.70. The standard InChI is InChI=1S/C20H20N2O4S/c1-20(2)16-10-7-14(12-17(16)22-19(20)24)21-18(23)11-6-13-4-8-15(9-5-13)27(3,25)26/h4-12H,1-3H3,(H,21,23)(H,22,24)/b11-6+. The predicted octanol–water partition coefficient (Wildman–Crippen LogP) is 2.97. The van der Waals surface area contributed by atoms with Crippen LogP contribution >= 0.6 is 0 Å². The van der Waals surface area contributed by atoms with Gasteiger partial charge in [0.15, 0.2) is 9.84 Å². The first-order valence-corrected chi connectivity index (χ1v) is 10.2. The van der Waals surface area contributed by atoms with Crippen molar-refractivity contribution >= 4 is 39.1 Å². The van der Waals surface area contributed by atoms with E-state index in [0.717, 1.165) is 11.8 Å². The van der Waals surface area contributed by atoms with Crippen molar-refractivity contribution in [2.24, 2.45) is 0 Å². The van der Waals surface area contributed by atoms with Crippen molar-refractivity contribution in [2.45, 2.75) is 24.2 Å². The molecule has 0 fully saturated rings. The van der Waals surface area contributed by atoms with Gasteiger partial charge in [0.25, 0.3) is 0 Å². The smallest absolute Gasteiger partial charge is 0.248 e. The Balaban J connectivity index is 1.69. The van der Waals surface area contributed by atoms with E-state index in [1.54, 1.807) is 30.3 Å². The molecule has 0 saturated carbocycles. The number of rotatable bonds is 4. The average Bonchev–Trinajstić information content (AvgIpc) is 2.81. The van der Waals surface area contributed by atoms with Gasteiger partial charge in [0.05, 0.1) is 10.3 Å². The summed E-state index contributed by atoms with van der Waals surface area (Å²) in [7, 11) is -3.24. The molecule has 2 amide bonds. The molecule has 6 nitrogen and oxygen atoms in total. The summed E-state index contributed by atoms with van der Waals surface area (Å²) in [5.74, 6) is -0.399. The molecule has 2 aromatic rings. The minimum absolute atomic E-state index is 0.0709. The Morgan fingerprint density at radius 1 is 1.11 bits per heavy atom. The molecule has 0 spiro atoms. The van der Waals surface area contributed by atoms with Crippen LogP contribution in [-0.4, -0.2) is 26.5 Å². The van der Waals surface area contributed by atoms with Crippen LogP contribution in [0.2, 0.25) is 0 Å². The lowest BCUT2D eigenvalue weighted by atomic mass is 9.86. The molecule has 1 aliphatic heterocycles. The summed E-state index contributed by atoms with van der Waals surface area (Å²) in [5.41, 5.74) is 2.29. The molecule has 0 atom stereocenters. The topological polar surface area (TPSA) is 92.3 Å². The maximum Gasteiger partial charge on any atom is 0.248 e. The molecular weight excluding hydrogens is 364 g/mol. The highest BCUT2D eigenvalue weighted by atomic mass is 32.2. The van der Waals surface area contributed by atoms with E-state index < -0.39 is 15.3 Å². The minimum atomic E-state index is -3.24. The van der Waals surface area contributed by atoms with Crippen LogP contribution < -0.4 is 10.6 Å². The van der Waals surface area contributed by atoms with Gasteiger partial charge in [-0.1, -0.05) is 18.2 Å². The Hall–Kier alpha value is -2.93. The molecule has 2 N–H and O–H groups in total. The number of hydrogen-bond donors (Lipinski definition) is 2. The van der Waals surface area contributed by atoms with Gasteiger partial charge >= 0.3 is 0 Å². The zero-order chi connectivity index (χ0) is 19.8. The maximum atomic E-state index is 12.1. The van der Waals surface area contributed by atoms with Crippen LogP contribution in [0.5, 0.6) is 0 Å². The number of nitrogens with one attached hydrogen (secondary N) is 2. The summed E-state index contributed by atoms with van der Waals surface area (Å²) >= 11 is 0. The minimum Gasteiger partial charge on any atom is -0.325 e. The summed E-state index contributed by atoms with van der Waals surface area (Å²) in [6.07, 6.45) is 4.11. The highest BCUT2D eigenvalue weighted by molar-refractivity contribution is 7.90. The monoisotopic (exact) mass is 384 g/mol. The van der Waals surface area contributed by atoms with Crippen LogP contribution in [0.4, 0.5) is 11.4 Å². The highest BCUT2D eigenvalue weighted by Crippen LogP contribution is 2.38. The number of carbonyl (C=O) groups excluding carboxylic acids is 2. The van der Waals surface area contributed by atoms with E-state index in [0.29, 0.717) is 16.9 Å². The lowest BCUT2D eigenvalue weighted by Crippen LogP contribution is -2.26. The van der Waals surface area contributed by atoms with Gasteiger partial charge in [0, 0.05) is 23.7 Å². The molecule has 0 saturated heterocycles. The van der Waals surface area contributed by atoms with Crippen LogP contribution in [-0.2, 0) is 24.8 Å². The molecule has 0 radical (unpaired) electrons. The van der Waals surface area contributed by atoms with Crippen LogP contribution in [0.1, 0.15) is 25.0 Å². The van der Waals surface area contributed by atoms with Gasteiger partial charge in [-0.25, -0.2) is 8.42 Å². The Morgan fingerprint density at radius 3 is 2.41 bits per heavy atom. The van der Waals surface area contributed by atoms with Crippen molar-refractivity contribution in [2.75, 3.05) is 16.9 Å². The molecule has 140 valence electrons. The van der Waals surface area contributed by atoms with E-state index in [-0.39, 0.29) is 16.7 Å². The van der Waals surface area contributed by atoms with E-state index >= 15 is 0 Å². The van der Waals surface area contributed by atoms with Crippen molar-refractivity contribution in [3.8, 4) is 0 Å². The largest absolute Gasteiger partial charge is 0.325 e. The van der Waals surface area contributed by atoms with E-state index in [2.05, 4.69) is 10.6 Å². The van der Waals surface area contributed by atoms with E-state index in [1.165, 1.54) is 18.2 Å². The number of anilines is 2. The number of fused-ring (bicyclic) bond motifs is 1. The van der Waals surface area contributed by atoms with Gasteiger partial charge < -0.3 is 10.6 Å². The van der Waals surface area contributed by atoms with Crippen LogP contribution in [0, 0.1) is 0 Å². The van der Waals surface area contributed by atoms with Crippen molar-refractivity contribution in [1.82, 2.24) is 0 Å². The number of sulfone groups is 1. The summed E-state index contributed by atoms with van der Waals surface area (Å²) in [6, 6.07) is 11.6. The Labute approximate surface area is 158 Å². The first-order valence-electron chi connectivity index (χ1n) is 8.32. The van der Waals surface area contributed by atoms with Crippen molar-refractivity contribution < 1.29 is 18.0 Å². The summed E-state index contributed by atoms with van der Waals surface area (Å²) < 4.78 is 22.9. The highest BCUT2D eigenvalue weighted by Gasteiger charge is 2.38. The third kappa shape index (κ3) is 3.93. The first kappa shape index (κ1) is 18.8. The molecule has 1 aliphatic rings. The first-order chi connectivity index (χ1) is 12.6. The fourth-order valence-corrected chi connectivity index (χ4v) is 3.48. The van der Waals surface area contributed by atoms with Crippen LogP contribution in [0.3, 0.4) is 0 Å². The van der Waals surface area contributed by atoms with E-state index in [9.17, 15) is 18.0 Å². The quantitative estimate of drug-likeness (QED) is 0.793. The van der Waals surface area contributed by atoms with Crippen LogP contribution in [0.15, 0.2) is 53.4 Å². The molecule has 0 unspecified atom stereocenters. The van der Waals surface area contributed by atoms with Gasteiger partial charge in [-0.15, -0.1) is 0 Å². The summed E-state index contributed by atoms with van der Waals surface area (Å²) in [5, 5.41) is 5.57. The second-order valence-electron chi connectivity index (χ2n) is 7.00. The Kier molecular flexibility index (Phi) is 4.65. The molecule has 3 rings (SSSR count). The second kappa shape index (κ2) is 6.66. The molecule has 1 heterocycles. The van der Waals surface area contributed by atoms with Crippen molar-refractivity contribution in [1.29, 1.82) is 0 Å². The molecule has 0 aromatic heterocycles. The lowest BCUT2D eigenvalue weighted by Gasteiger charge is -2.15. The van der Waals surface area contributed by atoms with Crippen molar-refractivity contribution in [3.63, 3.8) is 0 Å². The normalized spacial score (nSPS) is 15.4. The Bertz CT molecular complexity index is 1050. The molecular formula is C20H20N2O4S. The SMILES string of the molecule is CC1(C)C(=O)Nc2cc(NC(=O)/C=C/c3ccc(S(C)(=O)=O)cc3)ccc21. The fourth-order valence-electron chi connectivity index (χ4n) is 2.85. The summed E-state index contributed by atoms with van der Waals surface area (Å²) in [4.78, 5) is 24.3. The van der Waals surface area contributed by atoms with Crippen LogP contribution in [0.25, 0.3) is 6.08 Å². The number of amides is 2. The average molecular weight is 384 g/mol. The number of hydrogen-bond acceptors (Lipinski definition) is 4. The molecule has 2 aromatic carbocycles. The lowest BCUT2D eigenvalue weighted by molar-refractivity contribution is -0.119. The van der Waals surface area contributed by atoms with Gasteiger partial charge in [0.1, 0.15) is 0 Å². The van der Waals surface area contributed by atoms with Crippen molar-refractivity contribution in [3.05, 3.63) is 59.7 Å². The molecule has 27 heavy (non-hydrogen) atoms. The molecule has 0 bridgehead atoms. The fraction of sp³-hybridized carbons (Fsp3) is 0.200. The molecule has 0 aliphatic carbocycles.